The highest BCUT2D eigenvalue weighted by Gasteiger charge is 2.32. The van der Waals surface area contributed by atoms with E-state index in [1.807, 2.05) is 11.8 Å². The fourth-order valence-electron chi connectivity index (χ4n) is 3.90. The molecule has 2 N–H and O–H groups in total. The SMILES string of the molecule is C=CC(=O)CCCNCCC(=O)OCC(CC)(CCC(=O)CCNCCOC(=O)C=C)COC(=O)CCN(C)CCOC(=O)C=C.[HH].[HH]. The van der Waals surface area contributed by atoms with Gasteiger partial charge in [-0.2, -0.15) is 0 Å². The predicted molar refractivity (Wildman–Crippen MR) is 177 cm³/mol. The summed E-state index contributed by atoms with van der Waals surface area (Å²) in [4.78, 5) is 73.1. The Kier molecular flexibility index (Phi) is 24.4. The van der Waals surface area contributed by atoms with Crippen LogP contribution in [-0.4, -0.2) is 113 Å². The zero-order valence-corrected chi connectivity index (χ0v) is 27.6. The molecule has 0 aromatic rings. The van der Waals surface area contributed by atoms with Gasteiger partial charge in [-0.1, -0.05) is 26.7 Å². The van der Waals surface area contributed by atoms with E-state index in [-0.39, 0.29) is 66.5 Å². The molecule has 0 spiro atoms. The van der Waals surface area contributed by atoms with E-state index >= 15 is 0 Å². The summed E-state index contributed by atoms with van der Waals surface area (Å²) >= 11 is 0. The molecule has 0 aliphatic heterocycles. The van der Waals surface area contributed by atoms with Crippen LogP contribution >= 0.6 is 0 Å². The van der Waals surface area contributed by atoms with Gasteiger partial charge in [-0.15, -0.1) is 0 Å². The molecule has 0 aliphatic rings. The van der Waals surface area contributed by atoms with Crippen LogP contribution in [-0.2, 0) is 47.7 Å². The lowest BCUT2D eigenvalue weighted by atomic mass is 9.81. The standard InChI is InChI=1S/C33H53N3O10.2H2/c1-6-27(37)11-10-17-34-19-14-31(41)45-25-33(9-4,16-12-28(38)13-18-35-20-23-43-29(39)7-2)26-46-32(42)15-21-36(5)22-24-44-30(40)8-3;;/h6-8,34-35H,1-3,9-26H2,4-5H3;2*1H. The number of esters is 4. The van der Waals surface area contributed by atoms with E-state index in [4.69, 9.17) is 18.9 Å². The third-order valence-electron chi connectivity index (χ3n) is 7.13. The molecule has 13 nitrogen and oxygen atoms in total. The topological polar surface area (TPSA) is 167 Å². The number of Topliss-reactive ketones (excluding diaryl/α,β-unsaturated/α-hetero) is 1. The summed E-state index contributed by atoms with van der Waals surface area (Å²) < 4.78 is 21.0. The first-order valence-electron chi connectivity index (χ1n) is 15.7. The molecule has 264 valence electrons. The van der Waals surface area contributed by atoms with Crippen molar-refractivity contribution in [2.24, 2.45) is 5.41 Å². The molecule has 0 aliphatic carbocycles. The fourth-order valence-corrected chi connectivity index (χ4v) is 3.90. The van der Waals surface area contributed by atoms with Gasteiger partial charge in [-0.3, -0.25) is 19.2 Å². The van der Waals surface area contributed by atoms with Crippen molar-refractivity contribution < 1.29 is 50.6 Å². The Hall–Kier alpha value is -3.68. The molecular formula is C33H57N3O10. The molecule has 0 rings (SSSR count). The van der Waals surface area contributed by atoms with Gasteiger partial charge in [0.15, 0.2) is 5.78 Å². The quantitative estimate of drug-likeness (QED) is 0.0502. The molecule has 1 atom stereocenters. The number of ketones is 2. The van der Waals surface area contributed by atoms with Crippen molar-refractivity contribution in [3.63, 3.8) is 0 Å². The van der Waals surface area contributed by atoms with Crippen LogP contribution in [0.15, 0.2) is 38.0 Å². The number of carbonyl (C=O) groups is 6. The Morgan fingerprint density at radius 1 is 0.696 bits per heavy atom. The predicted octanol–water partition coefficient (Wildman–Crippen LogP) is 2.59. The zero-order chi connectivity index (χ0) is 34.6. The number of ether oxygens (including phenoxy) is 4. The van der Waals surface area contributed by atoms with E-state index in [1.165, 1.54) is 6.08 Å². The minimum Gasteiger partial charge on any atom is -0.465 e. The first-order chi connectivity index (χ1) is 22.0. The molecule has 0 aromatic carbocycles. The smallest absolute Gasteiger partial charge is 0.330 e. The highest BCUT2D eigenvalue weighted by Crippen LogP contribution is 2.30. The lowest BCUT2D eigenvalue weighted by Crippen LogP contribution is -2.36. The van der Waals surface area contributed by atoms with Gasteiger partial charge in [0.05, 0.1) is 12.8 Å². The molecule has 0 amide bonds. The normalized spacial score (nSPS) is 12.0. The first kappa shape index (κ1) is 42.3. The lowest BCUT2D eigenvalue weighted by Gasteiger charge is -2.31. The Morgan fingerprint density at radius 3 is 1.89 bits per heavy atom. The summed E-state index contributed by atoms with van der Waals surface area (Å²) in [5, 5.41) is 6.14. The van der Waals surface area contributed by atoms with E-state index < -0.39 is 29.3 Å². The van der Waals surface area contributed by atoms with Crippen LogP contribution in [0.1, 0.15) is 61.1 Å². The average Bonchev–Trinajstić information content (AvgIpc) is 3.06. The van der Waals surface area contributed by atoms with Gasteiger partial charge in [0.1, 0.15) is 32.2 Å². The second-order valence-electron chi connectivity index (χ2n) is 10.8. The van der Waals surface area contributed by atoms with Gasteiger partial charge >= 0.3 is 23.9 Å². The number of allylic oxidation sites excluding steroid dienone is 1. The van der Waals surface area contributed by atoms with E-state index in [9.17, 15) is 28.8 Å². The molecular weight excluding hydrogens is 598 g/mol. The largest absolute Gasteiger partial charge is 0.465 e. The molecule has 0 heterocycles. The van der Waals surface area contributed by atoms with Crippen molar-refractivity contribution in [3.8, 4) is 0 Å². The van der Waals surface area contributed by atoms with Crippen molar-refractivity contribution >= 4 is 35.4 Å². The van der Waals surface area contributed by atoms with Gasteiger partial charge in [-0.05, 0) is 38.9 Å². The van der Waals surface area contributed by atoms with Gasteiger partial charge in [0.25, 0.3) is 0 Å². The second-order valence-corrected chi connectivity index (χ2v) is 10.8. The van der Waals surface area contributed by atoms with Gasteiger partial charge < -0.3 is 34.5 Å². The number of nitrogens with zero attached hydrogens (tertiary/aromatic N) is 1. The maximum atomic E-state index is 12.7. The molecule has 0 aromatic heterocycles. The molecule has 46 heavy (non-hydrogen) atoms. The fraction of sp³-hybridized carbons (Fsp3) is 0.636. The lowest BCUT2D eigenvalue weighted by molar-refractivity contribution is -0.155. The Morgan fingerprint density at radius 2 is 1.28 bits per heavy atom. The van der Waals surface area contributed by atoms with Crippen molar-refractivity contribution in [3.05, 3.63) is 38.0 Å². The van der Waals surface area contributed by atoms with E-state index in [1.54, 1.807) is 7.05 Å². The molecule has 0 fully saturated rings. The molecule has 0 bridgehead atoms. The maximum absolute atomic E-state index is 12.7. The third kappa shape index (κ3) is 22.8. The van der Waals surface area contributed by atoms with Gasteiger partial charge in [0, 0.05) is 72.4 Å². The van der Waals surface area contributed by atoms with Gasteiger partial charge in [-0.25, -0.2) is 9.59 Å². The Balaban J connectivity index is -0.0000101. The van der Waals surface area contributed by atoms with Crippen LogP contribution in [0.2, 0.25) is 0 Å². The van der Waals surface area contributed by atoms with E-state index in [2.05, 4.69) is 30.4 Å². The van der Waals surface area contributed by atoms with Crippen LogP contribution in [0, 0.1) is 5.41 Å². The van der Waals surface area contributed by atoms with Crippen LogP contribution < -0.4 is 10.6 Å². The van der Waals surface area contributed by atoms with Crippen molar-refractivity contribution in [1.82, 2.24) is 15.5 Å². The third-order valence-corrected chi connectivity index (χ3v) is 7.13. The molecule has 0 radical (unpaired) electrons. The highest BCUT2D eigenvalue weighted by molar-refractivity contribution is 5.88. The molecule has 13 heteroatoms. The van der Waals surface area contributed by atoms with Crippen LogP contribution in [0.4, 0.5) is 0 Å². The van der Waals surface area contributed by atoms with E-state index in [0.717, 1.165) is 12.2 Å². The molecule has 1 unspecified atom stereocenters. The molecule has 0 saturated carbocycles. The summed E-state index contributed by atoms with van der Waals surface area (Å²) in [5.41, 5.74) is -0.753. The summed E-state index contributed by atoms with van der Waals surface area (Å²) in [6, 6.07) is 0. The number of hydrogen-bond donors (Lipinski definition) is 2. The van der Waals surface area contributed by atoms with Crippen LogP contribution in [0.3, 0.4) is 0 Å². The number of nitrogens with one attached hydrogen (secondary N) is 2. The Labute approximate surface area is 276 Å². The van der Waals surface area contributed by atoms with Gasteiger partial charge in [0.2, 0.25) is 0 Å². The van der Waals surface area contributed by atoms with Crippen molar-refractivity contribution in [2.45, 2.75) is 58.3 Å². The van der Waals surface area contributed by atoms with Crippen molar-refractivity contribution in [1.29, 1.82) is 0 Å². The van der Waals surface area contributed by atoms with Crippen LogP contribution in [0.5, 0.6) is 0 Å². The number of hydrogen-bond acceptors (Lipinski definition) is 13. The van der Waals surface area contributed by atoms with Crippen molar-refractivity contribution in [2.75, 3.05) is 72.7 Å². The average molecular weight is 656 g/mol. The zero-order valence-electron chi connectivity index (χ0n) is 27.6. The first-order valence-corrected chi connectivity index (χ1v) is 15.7. The number of carbonyl (C=O) groups excluding carboxylic acids is 6. The van der Waals surface area contributed by atoms with Crippen LogP contribution in [0.25, 0.3) is 0 Å². The summed E-state index contributed by atoms with van der Waals surface area (Å²) in [6.45, 7) is 14.9. The van der Waals surface area contributed by atoms with E-state index in [0.29, 0.717) is 65.0 Å². The Bertz CT molecular complexity index is 962. The number of likely N-dealkylation sites (N-methyl/N-ethyl adjacent to an activating group) is 1. The minimum absolute atomic E-state index is 0. The maximum Gasteiger partial charge on any atom is 0.330 e. The minimum atomic E-state index is -0.753. The summed E-state index contributed by atoms with van der Waals surface area (Å²) in [6.07, 6.45) is 6.00. The second kappa shape index (κ2) is 26.5. The summed E-state index contributed by atoms with van der Waals surface area (Å²) in [5.74, 6) is -1.93. The molecule has 0 saturated heterocycles. The highest BCUT2D eigenvalue weighted by atomic mass is 16.6. The number of rotatable bonds is 30. The summed E-state index contributed by atoms with van der Waals surface area (Å²) in [7, 11) is 1.79. The monoisotopic (exact) mass is 655 g/mol.